The number of nitrogens with one attached hydrogen (secondary N) is 2. The van der Waals surface area contributed by atoms with Gasteiger partial charge in [0.1, 0.15) is 11.7 Å². The largest absolute Gasteiger partial charge is 0.497 e. The van der Waals surface area contributed by atoms with Crippen molar-refractivity contribution in [3.8, 4) is 17.2 Å². The topological polar surface area (TPSA) is 72.1 Å². The lowest BCUT2D eigenvalue weighted by Crippen LogP contribution is -2.72. The fourth-order valence-electron chi connectivity index (χ4n) is 4.94. The summed E-state index contributed by atoms with van der Waals surface area (Å²) in [7, 11) is 1.60. The highest BCUT2D eigenvalue weighted by Gasteiger charge is 2.59. The van der Waals surface area contributed by atoms with E-state index in [1.165, 1.54) is 0 Å². The van der Waals surface area contributed by atoms with Crippen molar-refractivity contribution in [1.29, 1.82) is 0 Å². The molecule has 3 aromatic rings. The number of para-hydroxylation sites is 1. The molecule has 9 heteroatoms. The molecule has 3 atom stereocenters. The lowest BCUT2D eigenvalue weighted by molar-refractivity contribution is -0.130. The van der Waals surface area contributed by atoms with Crippen molar-refractivity contribution < 1.29 is 19.0 Å². The van der Waals surface area contributed by atoms with Crippen LogP contribution in [0.15, 0.2) is 66.7 Å². The third kappa shape index (κ3) is 4.10. The summed E-state index contributed by atoms with van der Waals surface area (Å²) in [5.74, 6) is 0.995. The summed E-state index contributed by atoms with van der Waals surface area (Å²) >= 11 is 12.1. The fourth-order valence-corrected chi connectivity index (χ4v) is 5.54. The number of benzene rings is 3. The van der Waals surface area contributed by atoms with Crippen LogP contribution in [0.25, 0.3) is 0 Å². The van der Waals surface area contributed by atoms with E-state index in [-0.39, 0.29) is 5.91 Å². The van der Waals surface area contributed by atoms with Gasteiger partial charge in [-0.3, -0.25) is 9.69 Å². The van der Waals surface area contributed by atoms with Crippen LogP contribution in [-0.2, 0) is 4.79 Å². The number of nitrogens with zero attached hydrogens (tertiary/aromatic N) is 1. The van der Waals surface area contributed by atoms with E-state index in [4.69, 9.17) is 38.0 Å². The molecule has 1 fully saturated rings. The van der Waals surface area contributed by atoms with Gasteiger partial charge in [0.25, 0.3) is 0 Å². The van der Waals surface area contributed by atoms with E-state index >= 15 is 0 Å². The number of ether oxygens (including phenoxy) is 3. The molecule has 2 aliphatic rings. The molecular formula is C27H26ClN3O4S. The summed E-state index contributed by atoms with van der Waals surface area (Å²) in [5.41, 5.74) is 0.976. The first-order chi connectivity index (χ1) is 17.4. The standard InChI is InChI=1S/C27H26ClN3O4S/c1-4-34-21-10-6-9-20-23-22(25(32)29-17-11-13-19(33-3)14-12-17)27(2,35-24(20)21)31(26(36)30-23)18-8-5-7-16(28)15-18/h5-15,22-23H,4H2,1-3H3,(H,29,32)(H,30,36)/t22-,23+,27+/m0/s1. The molecule has 2 aliphatic heterocycles. The van der Waals surface area contributed by atoms with E-state index in [0.29, 0.717) is 45.4 Å². The first-order valence-electron chi connectivity index (χ1n) is 11.6. The molecule has 2 bridgehead atoms. The molecule has 2 heterocycles. The van der Waals surface area contributed by atoms with Crippen LogP contribution in [0.2, 0.25) is 5.02 Å². The van der Waals surface area contributed by atoms with Gasteiger partial charge in [0.2, 0.25) is 5.91 Å². The van der Waals surface area contributed by atoms with Gasteiger partial charge in [-0.15, -0.1) is 0 Å². The molecule has 5 rings (SSSR count). The number of rotatable bonds is 6. The maximum Gasteiger partial charge on any atom is 0.236 e. The molecule has 1 amide bonds. The van der Waals surface area contributed by atoms with E-state index < -0.39 is 17.7 Å². The van der Waals surface area contributed by atoms with E-state index in [2.05, 4.69) is 10.6 Å². The van der Waals surface area contributed by atoms with Crippen molar-refractivity contribution in [1.82, 2.24) is 5.32 Å². The zero-order valence-electron chi connectivity index (χ0n) is 20.1. The summed E-state index contributed by atoms with van der Waals surface area (Å²) in [6.45, 7) is 4.27. The summed E-state index contributed by atoms with van der Waals surface area (Å²) in [6, 6.07) is 19.7. The molecule has 7 nitrogen and oxygen atoms in total. The summed E-state index contributed by atoms with van der Waals surface area (Å²) in [4.78, 5) is 15.7. The van der Waals surface area contributed by atoms with Crippen molar-refractivity contribution in [2.45, 2.75) is 25.6 Å². The third-order valence-electron chi connectivity index (χ3n) is 6.50. The Morgan fingerprint density at radius 1 is 1.19 bits per heavy atom. The molecule has 186 valence electrons. The zero-order valence-corrected chi connectivity index (χ0v) is 21.7. The maximum absolute atomic E-state index is 13.9. The Morgan fingerprint density at radius 2 is 1.94 bits per heavy atom. The SMILES string of the molecule is CCOc1cccc2c1O[C@]1(C)[C@H](C(=O)Nc3ccc(OC)cc3)[C@@H]2NC(=S)N1c1cccc(Cl)c1. The van der Waals surface area contributed by atoms with Crippen molar-refractivity contribution >= 4 is 46.2 Å². The minimum atomic E-state index is -1.19. The first kappa shape index (κ1) is 24.2. The molecule has 2 N–H and O–H groups in total. The van der Waals surface area contributed by atoms with E-state index in [1.54, 1.807) is 43.5 Å². The molecule has 0 saturated carbocycles. The molecule has 0 spiro atoms. The Balaban J connectivity index is 1.62. The van der Waals surface area contributed by atoms with E-state index in [1.807, 2.05) is 49.1 Å². The maximum atomic E-state index is 13.9. The van der Waals surface area contributed by atoms with Crippen LogP contribution in [0.1, 0.15) is 25.5 Å². The number of anilines is 2. The number of halogens is 1. The zero-order chi connectivity index (χ0) is 25.4. The van der Waals surface area contributed by atoms with E-state index in [0.717, 1.165) is 5.56 Å². The minimum Gasteiger partial charge on any atom is -0.497 e. The number of fused-ring (bicyclic) bond motifs is 4. The first-order valence-corrected chi connectivity index (χ1v) is 12.4. The van der Waals surface area contributed by atoms with Gasteiger partial charge in [-0.2, -0.15) is 0 Å². The van der Waals surface area contributed by atoms with Crippen LogP contribution in [-0.4, -0.2) is 30.5 Å². The van der Waals surface area contributed by atoms with Crippen molar-refractivity contribution in [3.63, 3.8) is 0 Å². The van der Waals surface area contributed by atoms with Crippen molar-refractivity contribution in [2.75, 3.05) is 23.9 Å². The lowest BCUT2D eigenvalue weighted by Gasteiger charge is -2.56. The normalized spacial score (nSPS) is 22.1. The average molecular weight is 524 g/mol. The second-order valence-electron chi connectivity index (χ2n) is 8.70. The van der Waals surface area contributed by atoms with Gasteiger partial charge in [0.05, 0.1) is 19.8 Å². The van der Waals surface area contributed by atoms with Gasteiger partial charge < -0.3 is 24.8 Å². The Hall–Kier alpha value is -3.49. The number of amides is 1. The predicted octanol–water partition coefficient (Wildman–Crippen LogP) is 5.55. The van der Waals surface area contributed by atoms with Crippen LogP contribution in [0, 0.1) is 5.92 Å². The van der Waals surface area contributed by atoms with Gasteiger partial charge in [-0.1, -0.05) is 29.8 Å². The molecule has 1 saturated heterocycles. The van der Waals surface area contributed by atoms with Gasteiger partial charge in [0.15, 0.2) is 22.3 Å². The number of carbonyl (C=O) groups excluding carboxylic acids is 1. The van der Waals surface area contributed by atoms with Crippen LogP contribution < -0.4 is 29.7 Å². The molecule has 0 radical (unpaired) electrons. The fraction of sp³-hybridized carbons (Fsp3) is 0.259. The Labute approximate surface area is 220 Å². The minimum absolute atomic E-state index is 0.220. The van der Waals surface area contributed by atoms with Gasteiger partial charge in [0, 0.05) is 22.0 Å². The summed E-state index contributed by atoms with van der Waals surface area (Å²) in [5, 5.41) is 7.43. The number of hydrogen-bond acceptors (Lipinski definition) is 5. The smallest absolute Gasteiger partial charge is 0.236 e. The van der Waals surface area contributed by atoms with Crippen LogP contribution in [0.5, 0.6) is 17.2 Å². The monoisotopic (exact) mass is 523 g/mol. The van der Waals surface area contributed by atoms with E-state index in [9.17, 15) is 4.79 Å². The second-order valence-corrected chi connectivity index (χ2v) is 9.53. The molecule has 36 heavy (non-hydrogen) atoms. The predicted molar refractivity (Wildman–Crippen MR) is 144 cm³/mol. The number of hydrogen-bond donors (Lipinski definition) is 2. The quantitative estimate of drug-likeness (QED) is 0.411. The van der Waals surface area contributed by atoms with Crippen LogP contribution >= 0.6 is 23.8 Å². The Kier molecular flexibility index (Phi) is 6.40. The van der Waals surface area contributed by atoms with Gasteiger partial charge in [-0.25, -0.2) is 0 Å². The number of carbonyl (C=O) groups is 1. The number of thiocarbonyl (C=S) groups is 1. The highest BCUT2D eigenvalue weighted by Crippen LogP contribution is 2.52. The highest BCUT2D eigenvalue weighted by molar-refractivity contribution is 7.80. The van der Waals surface area contributed by atoms with Crippen molar-refractivity contribution in [2.24, 2.45) is 5.92 Å². The molecule has 0 aromatic heterocycles. The molecule has 0 aliphatic carbocycles. The van der Waals surface area contributed by atoms with Crippen molar-refractivity contribution in [3.05, 3.63) is 77.3 Å². The second kappa shape index (κ2) is 9.52. The third-order valence-corrected chi connectivity index (χ3v) is 7.03. The lowest BCUT2D eigenvalue weighted by atomic mass is 9.78. The Morgan fingerprint density at radius 3 is 2.64 bits per heavy atom. The van der Waals surface area contributed by atoms with Crippen LogP contribution in [0.4, 0.5) is 11.4 Å². The molecular weight excluding hydrogens is 498 g/mol. The Bertz CT molecular complexity index is 1320. The number of methoxy groups -OCH3 is 1. The average Bonchev–Trinajstić information content (AvgIpc) is 2.84. The summed E-state index contributed by atoms with van der Waals surface area (Å²) in [6.07, 6.45) is 0. The van der Waals surface area contributed by atoms with Gasteiger partial charge in [-0.05, 0) is 74.6 Å². The molecule has 3 aromatic carbocycles. The highest BCUT2D eigenvalue weighted by atomic mass is 35.5. The van der Waals surface area contributed by atoms with Gasteiger partial charge >= 0.3 is 0 Å². The summed E-state index contributed by atoms with van der Waals surface area (Å²) < 4.78 is 17.8. The van der Waals surface area contributed by atoms with Crippen LogP contribution in [0.3, 0.4) is 0 Å². The molecule has 0 unspecified atom stereocenters.